The Kier molecular flexibility index (Phi) is 5.36. The zero-order chi connectivity index (χ0) is 17.8. The maximum Gasteiger partial charge on any atom is 0.416 e. The third kappa shape index (κ3) is 4.87. The second kappa shape index (κ2) is 7.11. The Balaban J connectivity index is 1.82. The van der Waals surface area contributed by atoms with Gasteiger partial charge in [0.05, 0.1) is 5.56 Å². The average Bonchev–Trinajstić information content (AvgIpc) is 3.30. The van der Waals surface area contributed by atoms with E-state index in [0.717, 1.165) is 30.5 Å². The summed E-state index contributed by atoms with van der Waals surface area (Å²) in [5.74, 6) is -0.920. The Hall–Kier alpha value is -2.25. The van der Waals surface area contributed by atoms with Crippen molar-refractivity contribution in [2.24, 2.45) is 0 Å². The van der Waals surface area contributed by atoms with Gasteiger partial charge < -0.3 is 15.7 Å². The normalized spacial score (nSPS) is 15.6. The summed E-state index contributed by atoms with van der Waals surface area (Å²) < 4.78 is 37.7. The minimum absolute atomic E-state index is 0.0181. The Labute approximate surface area is 137 Å². The van der Waals surface area contributed by atoms with E-state index in [1.807, 2.05) is 0 Å². The molecule has 1 aromatic rings. The second-order valence-electron chi connectivity index (χ2n) is 5.96. The second-order valence-corrected chi connectivity index (χ2v) is 5.96. The number of urea groups is 1. The quantitative estimate of drug-likeness (QED) is 0.666. The number of carbonyl (C=O) groups excluding carboxylic acids is 1. The molecule has 1 aliphatic carbocycles. The molecular formula is C16H19F3N2O3. The first-order valence-electron chi connectivity index (χ1n) is 7.64. The summed E-state index contributed by atoms with van der Waals surface area (Å²) in [4.78, 5) is 22.0. The molecular weight excluding hydrogens is 325 g/mol. The number of carbonyl (C=O) groups is 2. The molecule has 0 heterocycles. The topological polar surface area (TPSA) is 78.4 Å². The lowest BCUT2D eigenvalue weighted by Crippen LogP contribution is -2.40. The third-order valence-corrected chi connectivity index (χ3v) is 4.12. The molecule has 1 aromatic carbocycles. The molecule has 0 aromatic heterocycles. The molecule has 0 atom stereocenters. The number of carboxylic acids is 1. The first kappa shape index (κ1) is 18.1. The molecule has 2 amide bonds. The van der Waals surface area contributed by atoms with Crippen LogP contribution >= 0.6 is 0 Å². The van der Waals surface area contributed by atoms with Gasteiger partial charge in [-0.2, -0.15) is 13.2 Å². The van der Waals surface area contributed by atoms with Crippen LogP contribution in [-0.4, -0.2) is 30.2 Å². The van der Waals surface area contributed by atoms with Crippen molar-refractivity contribution in [3.63, 3.8) is 0 Å². The standard InChI is InChI=1S/C16H19F3N2O3/c17-16(18,19)12-5-3-11(4-6-12)15(7-8-15)10-21-14(24)20-9-1-2-13(22)23/h3-6H,1-2,7-10H2,(H,22,23)(H2,20,21,24). The zero-order valence-corrected chi connectivity index (χ0v) is 12.9. The van der Waals surface area contributed by atoms with Crippen LogP contribution < -0.4 is 10.6 Å². The van der Waals surface area contributed by atoms with Gasteiger partial charge in [-0.15, -0.1) is 0 Å². The van der Waals surface area contributed by atoms with Crippen molar-refractivity contribution in [1.29, 1.82) is 0 Å². The van der Waals surface area contributed by atoms with Crippen molar-refractivity contribution in [3.05, 3.63) is 35.4 Å². The highest BCUT2D eigenvalue weighted by molar-refractivity contribution is 5.74. The van der Waals surface area contributed by atoms with Crippen LogP contribution in [0, 0.1) is 0 Å². The van der Waals surface area contributed by atoms with Crippen LogP contribution in [0.2, 0.25) is 0 Å². The fourth-order valence-corrected chi connectivity index (χ4v) is 2.48. The van der Waals surface area contributed by atoms with E-state index in [2.05, 4.69) is 10.6 Å². The number of hydrogen-bond donors (Lipinski definition) is 3. The number of alkyl halides is 3. The summed E-state index contributed by atoms with van der Waals surface area (Å²) in [5, 5.41) is 13.7. The van der Waals surface area contributed by atoms with E-state index in [4.69, 9.17) is 5.11 Å². The summed E-state index contributed by atoms with van der Waals surface area (Å²) in [6.07, 6.45) is -2.43. The number of amides is 2. The first-order valence-corrected chi connectivity index (χ1v) is 7.64. The minimum Gasteiger partial charge on any atom is -0.481 e. The van der Waals surface area contributed by atoms with Gasteiger partial charge in [-0.1, -0.05) is 12.1 Å². The minimum atomic E-state index is -4.36. The van der Waals surface area contributed by atoms with Crippen LogP contribution in [0.4, 0.5) is 18.0 Å². The van der Waals surface area contributed by atoms with E-state index in [-0.39, 0.29) is 18.4 Å². The molecule has 1 fully saturated rings. The largest absolute Gasteiger partial charge is 0.481 e. The monoisotopic (exact) mass is 344 g/mol. The number of halogens is 3. The fraction of sp³-hybridized carbons (Fsp3) is 0.500. The zero-order valence-electron chi connectivity index (χ0n) is 12.9. The summed E-state index contributed by atoms with van der Waals surface area (Å²) in [6.45, 7) is 0.592. The fourth-order valence-electron chi connectivity index (χ4n) is 2.48. The van der Waals surface area contributed by atoms with Gasteiger partial charge in [0.2, 0.25) is 0 Å². The van der Waals surface area contributed by atoms with Crippen LogP contribution in [0.3, 0.4) is 0 Å². The molecule has 0 unspecified atom stereocenters. The number of rotatable bonds is 7. The van der Waals surface area contributed by atoms with Gasteiger partial charge in [0.1, 0.15) is 0 Å². The van der Waals surface area contributed by atoms with Gasteiger partial charge in [-0.25, -0.2) is 4.79 Å². The lowest BCUT2D eigenvalue weighted by atomic mass is 9.95. The van der Waals surface area contributed by atoms with Crippen LogP contribution in [0.25, 0.3) is 0 Å². The predicted octanol–water partition coefficient (Wildman–Crippen LogP) is 2.90. The molecule has 8 heteroatoms. The maximum absolute atomic E-state index is 12.6. The van der Waals surface area contributed by atoms with Gasteiger partial charge in [-0.3, -0.25) is 4.79 Å². The van der Waals surface area contributed by atoms with Gasteiger partial charge in [0.25, 0.3) is 0 Å². The van der Waals surface area contributed by atoms with Crippen molar-refractivity contribution in [3.8, 4) is 0 Å². The van der Waals surface area contributed by atoms with E-state index >= 15 is 0 Å². The number of carboxylic acid groups (broad SMARTS) is 1. The van der Waals surface area contributed by atoms with Crippen molar-refractivity contribution < 1.29 is 27.9 Å². The van der Waals surface area contributed by atoms with Gasteiger partial charge >= 0.3 is 18.2 Å². The van der Waals surface area contributed by atoms with E-state index in [9.17, 15) is 22.8 Å². The summed E-state index contributed by atoms with van der Waals surface area (Å²) in [6, 6.07) is 4.63. The smallest absolute Gasteiger partial charge is 0.416 e. The molecule has 0 saturated heterocycles. The Morgan fingerprint density at radius 3 is 2.25 bits per heavy atom. The molecule has 0 bridgehead atoms. The molecule has 132 valence electrons. The lowest BCUT2D eigenvalue weighted by Gasteiger charge is -2.18. The predicted molar refractivity (Wildman–Crippen MR) is 80.6 cm³/mol. The first-order chi connectivity index (χ1) is 11.2. The molecule has 24 heavy (non-hydrogen) atoms. The molecule has 5 nitrogen and oxygen atoms in total. The number of hydrogen-bond acceptors (Lipinski definition) is 2. The van der Waals surface area contributed by atoms with E-state index in [0.29, 0.717) is 13.0 Å². The molecule has 0 radical (unpaired) electrons. The number of aliphatic carboxylic acids is 1. The highest BCUT2D eigenvalue weighted by Crippen LogP contribution is 2.48. The highest BCUT2D eigenvalue weighted by atomic mass is 19.4. The summed E-state index contributed by atoms with van der Waals surface area (Å²) in [5.41, 5.74) is -0.212. The average molecular weight is 344 g/mol. The van der Waals surface area contributed by atoms with Gasteiger partial charge in [-0.05, 0) is 37.0 Å². The number of benzene rings is 1. The molecule has 0 aliphatic heterocycles. The van der Waals surface area contributed by atoms with E-state index in [1.165, 1.54) is 12.1 Å². The molecule has 2 rings (SSSR count). The molecule has 3 N–H and O–H groups in total. The third-order valence-electron chi connectivity index (χ3n) is 4.12. The SMILES string of the molecule is O=C(O)CCCNC(=O)NCC1(c2ccc(C(F)(F)F)cc2)CC1. The Morgan fingerprint density at radius 1 is 1.12 bits per heavy atom. The van der Waals surface area contributed by atoms with Crippen molar-refractivity contribution in [2.45, 2.75) is 37.3 Å². The lowest BCUT2D eigenvalue weighted by molar-refractivity contribution is -0.138. The Morgan fingerprint density at radius 2 is 1.75 bits per heavy atom. The van der Waals surface area contributed by atoms with Gasteiger partial charge in [0.15, 0.2) is 0 Å². The van der Waals surface area contributed by atoms with E-state index < -0.39 is 23.7 Å². The molecule has 0 spiro atoms. The molecule has 1 aliphatic rings. The van der Waals surface area contributed by atoms with Crippen LogP contribution in [0.5, 0.6) is 0 Å². The van der Waals surface area contributed by atoms with Gasteiger partial charge in [0, 0.05) is 24.9 Å². The Bertz CT molecular complexity index is 596. The van der Waals surface area contributed by atoms with Crippen LogP contribution in [-0.2, 0) is 16.4 Å². The van der Waals surface area contributed by atoms with E-state index in [1.54, 1.807) is 0 Å². The molecule has 1 saturated carbocycles. The van der Waals surface area contributed by atoms with Crippen molar-refractivity contribution in [2.75, 3.05) is 13.1 Å². The van der Waals surface area contributed by atoms with Crippen LogP contribution in [0.15, 0.2) is 24.3 Å². The summed E-state index contributed by atoms with van der Waals surface area (Å²) in [7, 11) is 0. The summed E-state index contributed by atoms with van der Waals surface area (Å²) >= 11 is 0. The van der Waals surface area contributed by atoms with Crippen molar-refractivity contribution >= 4 is 12.0 Å². The van der Waals surface area contributed by atoms with Crippen LogP contribution in [0.1, 0.15) is 36.8 Å². The maximum atomic E-state index is 12.6. The number of nitrogens with one attached hydrogen (secondary N) is 2. The van der Waals surface area contributed by atoms with Crippen molar-refractivity contribution in [1.82, 2.24) is 10.6 Å². The highest BCUT2D eigenvalue weighted by Gasteiger charge is 2.44.